The van der Waals surface area contributed by atoms with Crippen molar-refractivity contribution in [3.63, 3.8) is 0 Å². The summed E-state index contributed by atoms with van der Waals surface area (Å²) in [6, 6.07) is 0. The summed E-state index contributed by atoms with van der Waals surface area (Å²) in [5.74, 6) is 0.106. The first-order chi connectivity index (χ1) is 11.5. The summed E-state index contributed by atoms with van der Waals surface area (Å²) in [4.78, 5) is 9.23. The molecule has 0 aromatic heterocycles. The van der Waals surface area contributed by atoms with E-state index in [1.54, 1.807) is 19.0 Å². The number of allylic oxidation sites excluding steroid dienone is 3. The zero-order chi connectivity index (χ0) is 19.7. The average molecular weight is 358 g/mol. The van der Waals surface area contributed by atoms with Gasteiger partial charge in [-0.1, -0.05) is 25.7 Å². The molecule has 142 valence electrons. The molecule has 1 unspecified atom stereocenters. The van der Waals surface area contributed by atoms with Gasteiger partial charge in [-0.3, -0.25) is 4.99 Å². The van der Waals surface area contributed by atoms with Crippen LogP contribution >= 0.6 is 0 Å². The van der Waals surface area contributed by atoms with Crippen molar-refractivity contribution in [1.82, 2.24) is 10.2 Å². The van der Waals surface area contributed by atoms with Crippen LogP contribution in [0.3, 0.4) is 0 Å². The maximum atomic E-state index is 13.0. The molecule has 25 heavy (non-hydrogen) atoms. The van der Waals surface area contributed by atoms with Gasteiger partial charge in [-0.05, 0) is 26.6 Å². The summed E-state index contributed by atoms with van der Waals surface area (Å²) in [5.41, 5.74) is -1.08. The Morgan fingerprint density at radius 3 is 2.36 bits per heavy atom. The molecule has 0 aliphatic carbocycles. The van der Waals surface area contributed by atoms with Crippen LogP contribution in [0.5, 0.6) is 0 Å². The molecule has 4 nitrogen and oxygen atoms in total. The van der Waals surface area contributed by atoms with Gasteiger partial charge >= 0.3 is 6.18 Å². The number of alkyl halides is 3. The molecule has 0 saturated carbocycles. The molecule has 0 aliphatic heterocycles. The smallest absolute Gasteiger partial charge is 0.377 e. The molecular formula is C18H29F3N4. The Bertz CT molecular complexity index is 533. The van der Waals surface area contributed by atoms with Crippen molar-refractivity contribution in [1.29, 1.82) is 0 Å². The molecular weight excluding hydrogens is 329 g/mol. The van der Waals surface area contributed by atoms with Crippen molar-refractivity contribution < 1.29 is 13.2 Å². The first-order valence-electron chi connectivity index (χ1n) is 7.97. The fourth-order valence-corrected chi connectivity index (χ4v) is 1.85. The molecule has 1 N–H and O–H groups in total. The molecule has 0 fully saturated rings. The van der Waals surface area contributed by atoms with Crippen LogP contribution in [0.25, 0.3) is 0 Å². The summed E-state index contributed by atoms with van der Waals surface area (Å²) in [6.07, 6.45) is 1.50. The quantitative estimate of drug-likeness (QED) is 0.366. The third-order valence-corrected chi connectivity index (χ3v) is 3.96. The highest BCUT2D eigenvalue weighted by Crippen LogP contribution is 2.26. The molecule has 0 spiro atoms. The monoisotopic (exact) mass is 358 g/mol. The standard InChI is InChI=1S/C18H29F3N4/c1-8-9-14(2)17(4,22-5)13-23-11-10-16(18(19,20)21)24-12-15(3)25(6)7/h8-10,12,14,23H,3,5,11,13H2,1-2,4,6-7H3/b9-8-,16-10-,24-12?/t14?,17-/m0/s1. The van der Waals surface area contributed by atoms with E-state index < -0.39 is 17.4 Å². The van der Waals surface area contributed by atoms with Gasteiger partial charge in [0.05, 0.1) is 11.8 Å². The summed E-state index contributed by atoms with van der Waals surface area (Å²) >= 11 is 0. The lowest BCUT2D eigenvalue weighted by Crippen LogP contribution is -2.41. The Morgan fingerprint density at radius 2 is 1.92 bits per heavy atom. The Kier molecular flexibility index (Phi) is 9.41. The SMILES string of the molecule is C=N[C@@](C)(CNC/C=C(\N=CC(=C)N(C)C)C(F)(F)F)C(C)/C=C\C. The van der Waals surface area contributed by atoms with Gasteiger partial charge < -0.3 is 10.2 Å². The fourth-order valence-electron chi connectivity index (χ4n) is 1.85. The van der Waals surface area contributed by atoms with E-state index in [2.05, 4.69) is 28.6 Å². The summed E-state index contributed by atoms with van der Waals surface area (Å²) < 4.78 is 39.1. The first-order valence-corrected chi connectivity index (χ1v) is 7.97. The van der Waals surface area contributed by atoms with Crippen molar-refractivity contribution in [3.05, 3.63) is 36.2 Å². The van der Waals surface area contributed by atoms with Crippen LogP contribution in [-0.2, 0) is 0 Å². The topological polar surface area (TPSA) is 40.0 Å². The van der Waals surface area contributed by atoms with Crippen molar-refractivity contribution in [3.8, 4) is 0 Å². The summed E-state index contributed by atoms with van der Waals surface area (Å²) in [6.45, 7) is 13.5. The Balaban J connectivity index is 4.98. The Hall–Kier alpha value is -1.89. The number of rotatable bonds is 10. The third kappa shape index (κ3) is 8.16. The van der Waals surface area contributed by atoms with Crippen LogP contribution in [0, 0.1) is 5.92 Å². The van der Waals surface area contributed by atoms with E-state index in [1.165, 1.54) is 0 Å². The van der Waals surface area contributed by atoms with Gasteiger partial charge in [0.25, 0.3) is 0 Å². The second-order valence-electron chi connectivity index (χ2n) is 6.19. The van der Waals surface area contributed by atoms with Crippen molar-refractivity contribution in [2.45, 2.75) is 32.5 Å². The second kappa shape index (κ2) is 10.2. The number of aliphatic imine (C=N–C) groups is 2. The van der Waals surface area contributed by atoms with Crippen LogP contribution in [0.15, 0.2) is 46.2 Å². The third-order valence-electron chi connectivity index (χ3n) is 3.96. The van der Waals surface area contributed by atoms with Gasteiger partial charge in [0, 0.05) is 38.8 Å². The van der Waals surface area contributed by atoms with Gasteiger partial charge in [0.2, 0.25) is 0 Å². The lowest BCUT2D eigenvalue weighted by molar-refractivity contribution is -0.0924. The molecule has 0 amide bonds. The van der Waals surface area contributed by atoms with Crippen LogP contribution in [0.4, 0.5) is 13.2 Å². The zero-order valence-corrected chi connectivity index (χ0v) is 15.7. The van der Waals surface area contributed by atoms with E-state index in [-0.39, 0.29) is 12.5 Å². The van der Waals surface area contributed by atoms with Gasteiger partial charge in [0.15, 0.2) is 0 Å². The number of nitrogens with zero attached hydrogens (tertiary/aromatic N) is 3. The second-order valence-corrected chi connectivity index (χ2v) is 6.19. The number of halogens is 3. The number of hydrogen-bond acceptors (Lipinski definition) is 4. The first kappa shape index (κ1) is 23.1. The lowest BCUT2D eigenvalue weighted by atomic mass is 9.87. The molecule has 0 heterocycles. The predicted molar refractivity (Wildman–Crippen MR) is 100 cm³/mol. The summed E-state index contributed by atoms with van der Waals surface area (Å²) in [5, 5.41) is 2.98. The molecule has 0 rings (SSSR count). The highest BCUT2D eigenvalue weighted by atomic mass is 19.4. The van der Waals surface area contributed by atoms with Gasteiger partial charge in [-0.2, -0.15) is 13.2 Å². The summed E-state index contributed by atoms with van der Waals surface area (Å²) in [7, 11) is 3.36. The highest BCUT2D eigenvalue weighted by molar-refractivity contribution is 5.77. The maximum absolute atomic E-state index is 13.0. The van der Waals surface area contributed by atoms with E-state index in [1.807, 2.05) is 32.9 Å². The van der Waals surface area contributed by atoms with E-state index in [4.69, 9.17) is 0 Å². The molecule has 0 bridgehead atoms. The molecule has 0 saturated heterocycles. The molecule has 0 radical (unpaired) electrons. The molecule has 0 aromatic rings. The minimum absolute atomic E-state index is 0.0221. The maximum Gasteiger partial charge on any atom is 0.433 e. The number of nitrogens with one attached hydrogen (secondary N) is 1. The normalized spacial score (nSPS) is 16.9. The minimum atomic E-state index is -4.52. The molecule has 0 aromatic carbocycles. The van der Waals surface area contributed by atoms with Crippen LogP contribution in [0.2, 0.25) is 0 Å². The Morgan fingerprint density at radius 1 is 1.32 bits per heavy atom. The predicted octanol–water partition coefficient (Wildman–Crippen LogP) is 3.84. The van der Waals surface area contributed by atoms with Gasteiger partial charge in [-0.25, -0.2) is 4.99 Å². The molecule has 7 heteroatoms. The van der Waals surface area contributed by atoms with Crippen molar-refractivity contribution in [2.75, 3.05) is 27.2 Å². The van der Waals surface area contributed by atoms with Crippen molar-refractivity contribution in [2.24, 2.45) is 15.9 Å². The van der Waals surface area contributed by atoms with E-state index in [9.17, 15) is 13.2 Å². The Labute approximate surface area is 148 Å². The fraction of sp³-hybridized carbons (Fsp3) is 0.556. The zero-order valence-electron chi connectivity index (χ0n) is 15.7. The average Bonchev–Trinajstić information content (AvgIpc) is 2.52. The van der Waals surface area contributed by atoms with Crippen molar-refractivity contribution >= 4 is 12.9 Å². The van der Waals surface area contributed by atoms with Crippen LogP contribution < -0.4 is 5.32 Å². The van der Waals surface area contributed by atoms with E-state index in [0.717, 1.165) is 12.3 Å². The van der Waals surface area contributed by atoms with Crippen LogP contribution in [-0.4, -0.2) is 56.7 Å². The number of hydrogen-bond donors (Lipinski definition) is 1. The van der Waals surface area contributed by atoms with Crippen LogP contribution in [0.1, 0.15) is 20.8 Å². The molecule has 2 atom stereocenters. The van der Waals surface area contributed by atoms with Gasteiger partial charge in [0.1, 0.15) is 5.70 Å². The van der Waals surface area contributed by atoms with E-state index >= 15 is 0 Å². The lowest BCUT2D eigenvalue weighted by Gasteiger charge is -2.30. The largest absolute Gasteiger partial charge is 0.433 e. The minimum Gasteiger partial charge on any atom is -0.377 e. The highest BCUT2D eigenvalue weighted by Gasteiger charge is 2.33. The van der Waals surface area contributed by atoms with Gasteiger partial charge in [-0.15, -0.1) is 0 Å². The molecule has 0 aliphatic rings. The van der Waals surface area contributed by atoms with E-state index in [0.29, 0.717) is 12.2 Å².